The number of aromatic nitrogens is 6. The number of nitrogens with zero attached hydrogens (tertiary/aromatic N) is 5. The Morgan fingerprint density at radius 2 is 1.90 bits per heavy atom. The number of nitrogens with one attached hydrogen (secondary N) is 1. The number of hydrogen-bond acceptors (Lipinski definition) is 4. The minimum atomic E-state index is -4.63. The van der Waals surface area contributed by atoms with E-state index in [9.17, 15) is 17.6 Å². The van der Waals surface area contributed by atoms with Gasteiger partial charge in [-0.1, -0.05) is 19.1 Å². The summed E-state index contributed by atoms with van der Waals surface area (Å²) in [5.41, 5.74) is 0.465. The fourth-order valence-electron chi connectivity index (χ4n) is 3.32. The molecule has 1 unspecified atom stereocenters. The summed E-state index contributed by atoms with van der Waals surface area (Å²) in [6, 6.07) is 9.08. The van der Waals surface area contributed by atoms with Crippen LogP contribution in [0.25, 0.3) is 22.6 Å². The Hall–Kier alpha value is -3.56. The van der Waals surface area contributed by atoms with Crippen molar-refractivity contribution in [3.63, 3.8) is 0 Å². The molecule has 4 aromatic rings. The number of imidazole rings is 1. The van der Waals surface area contributed by atoms with Gasteiger partial charge in [0.1, 0.15) is 17.2 Å². The minimum Gasteiger partial charge on any atom is -0.329 e. The lowest BCUT2D eigenvalue weighted by atomic mass is 10.0. The van der Waals surface area contributed by atoms with E-state index in [-0.39, 0.29) is 23.1 Å². The summed E-state index contributed by atoms with van der Waals surface area (Å²) >= 11 is 0. The van der Waals surface area contributed by atoms with Crippen molar-refractivity contribution in [3.8, 4) is 22.6 Å². The van der Waals surface area contributed by atoms with Crippen molar-refractivity contribution >= 4 is 0 Å². The van der Waals surface area contributed by atoms with Gasteiger partial charge in [-0.2, -0.15) is 28.6 Å². The monoisotopic (exact) mass is 416 g/mol. The summed E-state index contributed by atoms with van der Waals surface area (Å²) in [7, 11) is 0. The fourth-order valence-corrected chi connectivity index (χ4v) is 3.32. The van der Waals surface area contributed by atoms with Gasteiger partial charge < -0.3 is 4.57 Å². The second kappa shape index (κ2) is 7.69. The van der Waals surface area contributed by atoms with Crippen LogP contribution in [0.1, 0.15) is 30.6 Å². The van der Waals surface area contributed by atoms with E-state index in [1.165, 1.54) is 30.5 Å². The van der Waals surface area contributed by atoms with Crippen LogP contribution in [-0.4, -0.2) is 29.9 Å². The largest absolute Gasteiger partial charge is 0.437 e. The quantitative estimate of drug-likeness (QED) is 0.471. The number of pyridine rings is 1. The second-order valence-electron chi connectivity index (χ2n) is 6.63. The molecule has 0 aliphatic heterocycles. The van der Waals surface area contributed by atoms with Crippen molar-refractivity contribution in [2.45, 2.75) is 25.6 Å². The number of benzene rings is 1. The zero-order chi connectivity index (χ0) is 21.3. The molecule has 30 heavy (non-hydrogen) atoms. The van der Waals surface area contributed by atoms with Crippen molar-refractivity contribution in [1.82, 2.24) is 29.9 Å². The lowest BCUT2D eigenvalue weighted by molar-refractivity contribution is -0.140. The minimum absolute atomic E-state index is 0.141. The van der Waals surface area contributed by atoms with Crippen LogP contribution in [0.5, 0.6) is 0 Å². The van der Waals surface area contributed by atoms with Gasteiger partial charge in [-0.05, 0) is 36.2 Å². The summed E-state index contributed by atoms with van der Waals surface area (Å²) in [5, 5.41) is 8.87. The number of hydrogen-bond donors (Lipinski definition) is 1. The molecule has 3 heterocycles. The summed E-state index contributed by atoms with van der Waals surface area (Å²) in [4.78, 5) is 8.56. The molecule has 0 saturated carbocycles. The van der Waals surface area contributed by atoms with Gasteiger partial charge in [-0.25, -0.2) is 9.37 Å². The molecular formula is C20H16F4N6. The van der Waals surface area contributed by atoms with Crippen molar-refractivity contribution < 1.29 is 17.6 Å². The number of aromatic amines is 1. The van der Waals surface area contributed by atoms with Crippen LogP contribution in [0.3, 0.4) is 0 Å². The second-order valence-corrected chi connectivity index (χ2v) is 6.63. The molecule has 0 saturated heterocycles. The van der Waals surface area contributed by atoms with Crippen LogP contribution in [-0.2, 0) is 6.18 Å². The Kier molecular flexibility index (Phi) is 5.06. The van der Waals surface area contributed by atoms with Gasteiger partial charge in [0.2, 0.25) is 0 Å². The highest BCUT2D eigenvalue weighted by Crippen LogP contribution is 2.35. The molecule has 0 radical (unpaired) electrons. The SMILES string of the molecule is CCC(c1cccc(F)c1)n1cnc(-c2cc(-c3n[nH]nc3C(F)(F)F)ccn2)c1. The van der Waals surface area contributed by atoms with Gasteiger partial charge in [-0.3, -0.25) is 4.98 Å². The maximum Gasteiger partial charge on any atom is 0.437 e. The van der Waals surface area contributed by atoms with Gasteiger partial charge in [0.05, 0.1) is 18.1 Å². The zero-order valence-electron chi connectivity index (χ0n) is 15.7. The van der Waals surface area contributed by atoms with E-state index < -0.39 is 11.9 Å². The first kappa shape index (κ1) is 19.7. The molecule has 154 valence electrons. The lowest BCUT2D eigenvalue weighted by Gasteiger charge is -2.16. The Bertz CT molecular complexity index is 1160. The molecular weight excluding hydrogens is 400 g/mol. The number of halogens is 4. The third kappa shape index (κ3) is 3.80. The first-order valence-corrected chi connectivity index (χ1v) is 9.10. The normalized spacial score (nSPS) is 12.8. The van der Waals surface area contributed by atoms with Crippen LogP contribution in [0.2, 0.25) is 0 Å². The Morgan fingerprint density at radius 1 is 1.07 bits per heavy atom. The van der Waals surface area contributed by atoms with Crippen molar-refractivity contribution in [2.24, 2.45) is 0 Å². The predicted molar refractivity (Wildman–Crippen MR) is 101 cm³/mol. The molecule has 0 amide bonds. The predicted octanol–water partition coefficient (Wildman–Crippen LogP) is 4.89. The molecule has 0 aliphatic rings. The lowest BCUT2D eigenvalue weighted by Crippen LogP contribution is -2.08. The summed E-state index contributed by atoms with van der Waals surface area (Å²) in [6.45, 7) is 1.97. The van der Waals surface area contributed by atoms with E-state index in [1.807, 2.05) is 22.8 Å². The van der Waals surface area contributed by atoms with Crippen molar-refractivity contribution in [1.29, 1.82) is 0 Å². The summed E-state index contributed by atoms with van der Waals surface area (Å²) in [6.07, 6.45) is 0.786. The molecule has 1 aromatic carbocycles. The van der Waals surface area contributed by atoms with Gasteiger partial charge in [-0.15, -0.1) is 0 Å². The number of rotatable bonds is 5. The van der Waals surface area contributed by atoms with Gasteiger partial charge >= 0.3 is 6.18 Å². The molecule has 10 heteroatoms. The standard InChI is InChI=1S/C20H16F4N6/c1-2-17(12-4-3-5-14(21)8-12)30-10-16(26-11-30)15-9-13(6-7-25-15)18-19(20(22,23)24)28-29-27-18/h3-11,17H,2H2,1H3,(H,27,28,29). The Balaban J connectivity index is 1.68. The smallest absolute Gasteiger partial charge is 0.329 e. The maximum atomic E-state index is 13.6. The maximum absolute atomic E-state index is 13.6. The van der Waals surface area contributed by atoms with Crippen LogP contribution >= 0.6 is 0 Å². The molecule has 0 fully saturated rings. The molecule has 1 N–H and O–H groups in total. The van der Waals surface area contributed by atoms with E-state index >= 15 is 0 Å². The number of H-pyrrole nitrogens is 1. The Labute approximate surface area is 168 Å². The average molecular weight is 416 g/mol. The summed E-state index contributed by atoms with van der Waals surface area (Å²) < 4.78 is 54.8. The molecule has 6 nitrogen and oxygen atoms in total. The van der Waals surface area contributed by atoms with E-state index in [0.717, 1.165) is 5.56 Å². The Morgan fingerprint density at radius 3 is 2.63 bits per heavy atom. The molecule has 3 aromatic heterocycles. The molecule has 1 atom stereocenters. The van der Waals surface area contributed by atoms with E-state index in [0.29, 0.717) is 17.8 Å². The highest BCUT2D eigenvalue weighted by Gasteiger charge is 2.38. The molecule has 0 bridgehead atoms. The van der Waals surface area contributed by atoms with Crippen molar-refractivity contribution in [3.05, 3.63) is 72.2 Å². The summed E-state index contributed by atoms with van der Waals surface area (Å²) in [5.74, 6) is -0.325. The first-order valence-electron chi connectivity index (χ1n) is 9.10. The van der Waals surface area contributed by atoms with Crippen LogP contribution in [0, 0.1) is 5.82 Å². The van der Waals surface area contributed by atoms with Gasteiger partial charge in [0.15, 0.2) is 5.69 Å². The topological polar surface area (TPSA) is 72.3 Å². The number of alkyl halides is 3. The van der Waals surface area contributed by atoms with Crippen LogP contribution in [0.4, 0.5) is 17.6 Å². The molecule has 0 spiro atoms. The zero-order valence-corrected chi connectivity index (χ0v) is 15.7. The third-order valence-corrected chi connectivity index (χ3v) is 4.69. The van der Waals surface area contributed by atoms with Gasteiger partial charge in [0.25, 0.3) is 0 Å². The van der Waals surface area contributed by atoms with Crippen LogP contribution < -0.4 is 0 Å². The third-order valence-electron chi connectivity index (χ3n) is 4.69. The highest BCUT2D eigenvalue weighted by atomic mass is 19.4. The average Bonchev–Trinajstić information content (AvgIpc) is 3.39. The van der Waals surface area contributed by atoms with Gasteiger partial charge in [0, 0.05) is 18.0 Å². The molecule has 4 rings (SSSR count). The highest BCUT2D eigenvalue weighted by molar-refractivity contribution is 5.67. The van der Waals surface area contributed by atoms with E-state index in [4.69, 9.17) is 0 Å². The fraction of sp³-hybridized carbons (Fsp3) is 0.200. The van der Waals surface area contributed by atoms with E-state index in [1.54, 1.807) is 18.6 Å². The molecule has 0 aliphatic carbocycles. The van der Waals surface area contributed by atoms with Crippen molar-refractivity contribution in [2.75, 3.05) is 0 Å². The van der Waals surface area contributed by atoms with E-state index in [2.05, 4.69) is 20.2 Å². The first-order chi connectivity index (χ1) is 14.4. The van der Waals surface area contributed by atoms with Crippen LogP contribution in [0.15, 0.2) is 55.1 Å².